The van der Waals surface area contributed by atoms with E-state index in [0.717, 1.165) is 6.20 Å². The lowest BCUT2D eigenvalue weighted by Gasteiger charge is -2.39. The Hall–Kier alpha value is -3.26. The minimum absolute atomic E-state index is 0.0132. The van der Waals surface area contributed by atoms with Crippen LogP contribution in [0.25, 0.3) is 10.9 Å². The van der Waals surface area contributed by atoms with Crippen LogP contribution in [0.15, 0.2) is 42.7 Å². The second-order valence-corrected chi connectivity index (χ2v) is 7.50. The maximum Gasteiger partial charge on any atom is 0.295 e. The van der Waals surface area contributed by atoms with Gasteiger partial charge in [0.05, 0.1) is 22.7 Å². The van der Waals surface area contributed by atoms with Crippen LogP contribution in [0, 0.1) is 5.82 Å². The van der Waals surface area contributed by atoms with Gasteiger partial charge in [-0.15, -0.1) is 0 Å². The second kappa shape index (κ2) is 7.87. The molecule has 3 aromatic rings. The van der Waals surface area contributed by atoms with Gasteiger partial charge in [0, 0.05) is 37.4 Å². The summed E-state index contributed by atoms with van der Waals surface area (Å²) in [5.41, 5.74) is 0.645. The van der Waals surface area contributed by atoms with Gasteiger partial charge >= 0.3 is 0 Å². The number of nitrogens with zero attached hydrogens (tertiary/aromatic N) is 3. The number of carbonyl (C=O) groups excluding carboxylic acids is 3. The number of rotatable bonds is 3. The number of nitrogens with one attached hydrogen (secondary N) is 1. The predicted molar refractivity (Wildman–Crippen MR) is 109 cm³/mol. The van der Waals surface area contributed by atoms with Gasteiger partial charge in [-0.05, 0) is 19.1 Å². The van der Waals surface area contributed by atoms with Crippen LogP contribution >= 0.6 is 11.6 Å². The Balaban J connectivity index is 1.52. The van der Waals surface area contributed by atoms with E-state index in [0.29, 0.717) is 18.7 Å². The fourth-order valence-corrected chi connectivity index (χ4v) is 3.91. The van der Waals surface area contributed by atoms with Crippen LogP contribution in [0.3, 0.4) is 0 Å². The lowest BCUT2D eigenvalue weighted by atomic mass is 10.1. The Bertz CT molecular complexity index is 1150. The number of H-pyrrole nitrogens is 1. The number of aromatic amines is 1. The van der Waals surface area contributed by atoms with Crippen molar-refractivity contribution in [3.63, 3.8) is 0 Å². The summed E-state index contributed by atoms with van der Waals surface area (Å²) in [5.74, 6) is -2.44. The predicted octanol–water partition coefficient (Wildman–Crippen LogP) is 2.91. The van der Waals surface area contributed by atoms with Crippen LogP contribution in [-0.2, 0) is 4.79 Å². The highest BCUT2D eigenvalue weighted by molar-refractivity contribution is 6.45. The molecule has 1 aliphatic heterocycles. The highest BCUT2D eigenvalue weighted by atomic mass is 35.5. The normalized spacial score (nSPS) is 16.7. The van der Waals surface area contributed by atoms with Gasteiger partial charge in [-0.1, -0.05) is 29.8 Å². The Morgan fingerprint density at radius 2 is 1.93 bits per heavy atom. The summed E-state index contributed by atoms with van der Waals surface area (Å²) in [4.78, 5) is 47.8. The summed E-state index contributed by atoms with van der Waals surface area (Å²) >= 11 is 5.94. The zero-order valence-corrected chi connectivity index (χ0v) is 16.8. The topological polar surface area (TPSA) is 86.4 Å². The highest BCUT2D eigenvalue weighted by Crippen LogP contribution is 2.27. The van der Waals surface area contributed by atoms with Crippen LogP contribution in [-0.4, -0.2) is 63.0 Å². The van der Waals surface area contributed by atoms with Gasteiger partial charge in [-0.25, -0.2) is 9.37 Å². The first-order valence-electron chi connectivity index (χ1n) is 9.39. The molecule has 2 amide bonds. The van der Waals surface area contributed by atoms with E-state index < -0.39 is 17.5 Å². The molecule has 1 unspecified atom stereocenters. The molecule has 1 N–H and O–H groups in total. The molecule has 30 heavy (non-hydrogen) atoms. The van der Waals surface area contributed by atoms with E-state index >= 15 is 0 Å². The van der Waals surface area contributed by atoms with E-state index in [1.807, 2.05) is 6.07 Å². The quantitative estimate of drug-likeness (QED) is 0.395. The fourth-order valence-electron chi connectivity index (χ4n) is 3.71. The van der Waals surface area contributed by atoms with Gasteiger partial charge in [0.25, 0.3) is 17.6 Å². The maximum atomic E-state index is 14.2. The van der Waals surface area contributed by atoms with E-state index in [1.54, 1.807) is 36.1 Å². The molecule has 1 atom stereocenters. The number of Topliss-reactive ketones (excluding diaryl/α,β-unsaturated/α-hetero) is 1. The molecule has 1 aromatic carbocycles. The van der Waals surface area contributed by atoms with E-state index in [4.69, 9.17) is 11.6 Å². The number of halogens is 2. The van der Waals surface area contributed by atoms with Crippen molar-refractivity contribution in [1.82, 2.24) is 19.8 Å². The molecule has 154 valence electrons. The molecule has 9 heteroatoms. The summed E-state index contributed by atoms with van der Waals surface area (Å²) in [6.45, 7) is 2.57. The molecule has 4 rings (SSSR count). The summed E-state index contributed by atoms with van der Waals surface area (Å²) in [5, 5.41) is -0.0433. The molecule has 0 aliphatic carbocycles. The molecule has 0 radical (unpaired) electrons. The third kappa shape index (κ3) is 3.43. The number of fused-ring (bicyclic) bond motifs is 1. The molecule has 0 spiro atoms. The first-order chi connectivity index (χ1) is 14.4. The molecule has 1 saturated heterocycles. The standard InChI is InChI=1S/C21H18ClFN4O3/c1-12-11-26(20(29)13-5-3-2-4-6-13)7-8-27(12)21(30)18(28)14-9-24-17-16(14)15(23)10-25-19(17)22/h2-6,9-10,12,24H,7-8,11H2,1H3. The van der Waals surface area contributed by atoms with E-state index in [9.17, 15) is 18.8 Å². The number of hydrogen-bond donors (Lipinski definition) is 1. The number of aromatic nitrogens is 2. The first kappa shape index (κ1) is 20.0. The first-order valence-corrected chi connectivity index (χ1v) is 9.77. The lowest BCUT2D eigenvalue weighted by molar-refractivity contribution is -0.130. The van der Waals surface area contributed by atoms with Crippen LogP contribution in [0.5, 0.6) is 0 Å². The average molecular weight is 429 g/mol. The molecule has 0 bridgehead atoms. The summed E-state index contributed by atoms with van der Waals surface area (Å²) in [6.07, 6.45) is 2.18. The van der Waals surface area contributed by atoms with Gasteiger partial charge < -0.3 is 14.8 Å². The average Bonchev–Trinajstić information content (AvgIpc) is 3.22. The number of hydrogen-bond acceptors (Lipinski definition) is 4. The third-order valence-corrected chi connectivity index (χ3v) is 5.54. The van der Waals surface area contributed by atoms with Gasteiger partial charge in [0.15, 0.2) is 11.0 Å². The van der Waals surface area contributed by atoms with Crippen molar-refractivity contribution in [2.45, 2.75) is 13.0 Å². The van der Waals surface area contributed by atoms with Crippen LogP contribution < -0.4 is 0 Å². The Morgan fingerprint density at radius 3 is 2.63 bits per heavy atom. The number of carbonyl (C=O) groups is 3. The maximum absolute atomic E-state index is 14.2. The van der Waals surface area contributed by atoms with E-state index in [2.05, 4.69) is 9.97 Å². The van der Waals surface area contributed by atoms with Crippen LogP contribution in [0.2, 0.25) is 5.15 Å². The number of ketones is 1. The molecular formula is C21H18ClFN4O3. The summed E-state index contributed by atoms with van der Waals surface area (Å²) in [7, 11) is 0. The second-order valence-electron chi connectivity index (χ2n) is 7.14. The van der Waals surface area contributed by atoms with E-state index in [1.165, 1.54) is 11.1 Å². The highest BCUT2D eigenvalue weighted by Gasteiger charge is 2.34. The van der Waals surface area contributed by atoms with E-state index in [-0.39, 0.29) is 40.1 Å². The minimum Gasteiger partial charge on any atom is -0.358 e. The summed E-state index contributed by atoms with van der Waals surface area (Å²) in [6, 6.07) is 8.51. The van der Waals surface area contributed by atoms with Crippen LogP contribution in [0.1, 0.15) is 27.6 Å². The van der Waals surface area contributed by atoms with Crippen LogP contribution in [0.4, 0.5) is 4.39 Å². The Kier molecular flexibility index (Phi) is 5.26. The smallest absolute Gasteiger partial charge is 0.295 e. The number of benzene rings is 1. The molecule has 7 nitrogen and oxygen atoms in total. The van der Waals surface area contributed by atoms with Crippen molar-refractivity contribution in [3.05, 3.63) is 64.8 Å². The van der Waals surface area contributed by atoms with Crippen molar-refractivity contribution in [3.8, 4) is 0 Å². The monoisotopic (exact) mass is 428 g/mol. The molecule has 1 fully saturated rings. The number of piperazine rings is 1. The fraction of sp³-hybridized carbons (Fsp3) is 0.238. The van der Waals surface area contributed by atoms with Crippen molar-refractivity contribution in [2.24, 2.45) is 0 Å². The van der Waals surface area contributed by atoms with Crippen molar-refractivity contribution < 1.29 is 18.8 Å². The zero-order chi connectivity index (χ0) is 21.4. The van der Waals surface area contributed by atoms with Crippen molar-refractivity contribution in [2.75, 3.05) is 19.6 Å². The van der Waals surface area contributed by atoms with Gasteiger partial charge in [0.2, 0.25) is 0 Å². The molecule has 3 heterocycles. The van der Waals surface area contributed by atoms with Crippen molar-refractivity contribution >= 4 is 40.1 Å². The Labute approximate surface area is 176 Å². The van der Waals surface area contributed by atoms with Gasteiger partial charge in [-0.3, -0.25) is 14.4 Å². The lowest BCUT2D eigenvalue weighted by Crippen LogP contribution is -2.56. The largest absolute Gasteiger partial charge is 0.358 e. The summed E-state index contributed by atoms with van der Waals surface area (Å²) < 4.78 is 14.2. The van der Waals surface area contributed by atoms with Crippen molar-refractivity contribution in [1.29, 1.82) is 0 Å². The minimum atomic E-state index is -0.836. The number of pyridine rings is 1. The molecule has 1 aliphatic rings. The van der Waals surface area contributed by atoms with Gasteiger partial charge in [-0.2, -0.15) is 0 Å². The molecule has 2 aromatic heterocycles. The Morgan fingerprint density at radius 1 is 1.20 bits per heavy atom. The number of amides is 2. The van der Waals surface area contributed by atoms with Gasteiger partial charge in [0.1, 0.15) is 0 Å². The third-order valence-electron chi connectivity index (χ3n) is 5.25. The molecule has 0 saturated carbocycles. The zero-order valence-electron chi connectivity index (χ0n) is 16.1. The SMILES string of the molecule is CC1CN(C(=O)c2ccccc2)CCN1C(=O)C(=O)c1c[nH]c2c(Cl)ncc(F)c12. The molecular weight excluding hydrogens is 411 g/mol.